The summed E-state index contributed by atoms with van der Waals surface area (Å²) in [4.78, 5) is 13.1. The van der Waals surface area contributed by atoms with Gasteiger partial charge in [-0.1, -0.05) is 25.4 Å². The second-order valence-electron chi connectivity index (χ2n) is 5.38. The first kappa shape index (κ1) is 14.0. The van der Waals surface area contributed by atoms with Gasteiger partial charge in [0, 0.05) is 11.7 Å². The van der Waals surface area contributed by atoms with Gasteiger partial charge >= 0.3 is 0 Å². The van der Waals surface area contributed by atoms with Gasteiger partial charge in [-0.15, -0.1) is 0 Å². The van der Waals surface area contributed by atoms with Crippen molar-refractivity contribution >= 4 is 11.6 Å². The second kappa shape index (κ2) is 5.70. The molecule has 5 heteroatoms. The maximum atomic E-state index is 6.10. The highest BCUT2D eigenvalue weighted by Gasteiger charge is 2.13. The van der Waals surface area contributed by atoms with E-state index in [0.29, 0.717) is 22.9 Å². The molecule has 102 valence electrons. The predicted molar refractivity (Wildman–Crippen MR) is 77.2 cm³/mol. The van der Waals surface area contributed by atoms with Gasteiger partial charge < -0.3 is 4.57 Å². The van der Waals surface area contributed by atoms with Crippen LogP contribution >= 0.6 is 11.6 Å². The minimum Gasteiger partial charge on any atom is -0.325 e. The van der Waals surface area contributed by atoms with E-state index in [4.69, 9.17) is 11.6 Å². The van der Waals surface area contributed by atoms with E-state index < -0.39 is 0 Å². The first-order valence-corrected chi connectivity index (χ1v) is 6.91. The van der Waals surface area contributed by atoms with Gasteiger partial charge in [0.05, 0.1) is 12.5 Å². The van der Waals surface area contributed by atoms with Gasteiger partial charge in [0.1, 0.15) is 10.8 Å². The van der Waals surface area contributed by atoms with E-state index >= 15 is 0 Å². The van der Waals surface area contributed by atoms with Crippen LogP contribution in [0.4, 0.5) is 0 Å². The molecule has 0 fully saturated rings. The maximum absolute atomic E-state index is 6.10. The van der Waals surface area contributed by atoms with Crippen molar-refractivity contribution in [2.75, 3.05) is 0 Å². The van der Waals surface area contributed by atoms with Crippen LogP contribution in [0, 0.1) is 5.92 Å². The van der Waals surface area contributed by atoms with Gasteiger partial charge in [0.25, 0.3) is 0 Å². The second-order valence-corrected chi connectivity index (χ2v) is 5.77. The largest absolute Gasteiger partial charge is 0.325 e. The number of rotatable bonds is 4. The van der Waals surface area contributed by atoms with Crippen molar-refractivity contribution in [3.05, 3.63) is 29.4 Å². The molecule has 0 spiro atoms. The lowest BCUT2D eigenvalue weighted by Crippen LogP contribution is -2.05. The van der Waals surface area contributed by atoms with Gasteiger partial charge in [0.2, 0.25) is 0 Å². The number of imidazole rings is 1. The van der Waals surface area contributed by atoms with E-state index in [1.165, 1.54) is 0 Å². The molecular formula is C14H19ClN4. The molecule has 0 saturated heterocycles. The summed E-state index contributed by atoms with van der Waals surface area (Å²) in [6.07, 6.45) is 4.47. The van der Waals surface area contributed by atoms with Gasteiger partial charge in [-0.2, -0.15) is 0 Å². The average Bonchev–Trinajstić information content (AvgIpc) is 2.75. The Balaban J connectivity index is 2.44. The minimum atomic E-state index is 0.314. The topological polar surface area (TPSA) is 43.6 Å². The molecule has 0 saturated carbocycles. The lowest BCUT2D eigenvalue weighted by Gasteiger charge is -2.12. The molecule has 0 radical (unpaired) electrons. The molecule has 0 N–H and O–H groups in total. The lowest BCUT2D eigenvalue weighted by atomic mass is 10.1. The molecule has 2 aromatic heterocycles. The maximum Gasteiger partial charge on any atom is 0.179 e. The van der Waals surface area contributed by atoms with Gasteiger partial charge in [0.15, 0.2) is 5.82 Å². The Hall–Kier alpha value is -1.42. The predicted octanol–water partition coefficient (Wildman–Crippen LogP) is 3.77. The van der Waals surface area contributed by atoms with Crippen LogP contribution in [0.1, 0.15) is 39.4 Å². The third-order valence-electron chi connectivity index (χ3n) is 2.82. The SMILES string of the molecule is CC(C)Cc1cc(Cl)nc(-c2cncn2C(C)C)n1. The minimum absolute atomic E-state index is 0.314. The van der Waals surface area contributed by atoms with Gasteiger partial charge in [-0.25, -0.2) is 15.0 Å². The fourth-order valence-corrected chi connectivity index (χ4v) is 2.20. The molecular weight excluding hydrogens is 260 g/mol. The Labute approximate surface area is 118 Å². The average molecular weight is 279 g/mol. The molecule has 0 aliphatic rings. The van der Waals surface area contributed by atoms with Crippen LogP contribution in [0.5, 0.6) is 0 Å². The van der Waals surface area contributed by atoms with Crippen LogP contribution in [0.2, 0.25) is 5.15 Å². The van der Waals surface area contributed by atoms with Crippen LogP contribution in [0.3, 0.4) is 0 Å². The lowest BCUT2D eigenvalue weighted by molar-refractivity contribution is 0.601. The highest BCUT2D eigenvalue weighted by molar-refractivity contribution is 6.29. The molecule has 0 aliphatic heterocycles. The Morgan fingerprint density at radius 2 is 1.95 bits per heavy atom. The summed E-state index contributed by atoms with van der Waals surface area (Å²) in [6.45, 7) is 8.53. The molecule has 4 nitrogen and oxygen atoms in total. The monoisotopic (exact) mass is 278 g/mol. The normalized spacial score (nSPS) is 11.5. The Morgan fingerprint density at radius 1 is 1.21 bits per heavy atom. The zero-order valence-electron chi connectivity index (χ0n) is 11.8. The zero-order chi connectivity index (χ0) is 14.0. The molecule has 0 amide bonds. The fraction of sp³-hybridized carbons (Fsp3) is 0.500. The first-order chi connectivity index (χ1) is 8.97. The van der Waals surface area contributed by atoms with Crippen molar-refractivity contribution in [3.63, 3.8) is 0 Å². The molecule has 0 atom stereocenters. The van der Waals surface area contributed by atoms with E-state index in [0.717, 1.165) is 17.8 Å². The van der Waals surface area contributed by atoms with E-state index in [9.17, 15) is 0 Å². The summed E-state index contributed by atoms with van der Waals surface area (Å²) in [7, 11) is 0. The number of aromatic nitrogens is 4. The van der Waals surface area contributed by atoms with Crippen LogP contribution in [-0.2, 0) is 6.42 Å². The van der Waals surface area contributed by atoms with Gasteiger partial charge in [-0.3, -0.25) is 0 Å². The summed E-state index contributed by atoms with van der Waals surface area (Å²) in [6, 6.07) is 2.15. The van der Waals surface area contributed by atoms with Crippen LogP contribution < -0.4 is 0 Å². The van der Waals surface area contributed by atoms with E-state index in [1.54, 1.807) is 12.5 Å². The van der Waals surface area contributed by atoms with Crippen molar-refractivity contribution in [1.82, 2.24) is 19.5 Å². The van der Waals surface area contributed by atoms with Crippen LogP contribution in [0.25, 0.3) is 11.5 Å². The van der Waals surface area contributed by atoms with Crippen molar-refractivity contribution in [1.29, 1.82) is 0 Å². The highest BCUT2D eigenvalue weighted by atomic mass is 35.5. The Bertz CT molecular complexity index is 560. The van der Waals surface area contributed by atoms with Crippen LogP contribution in [0.15, 0.2) is 18.6 Å². The van der Waals surface area contributed by atoms with E-state index in [1.807, 2.05) is 10.6 Å². The molecule has 0 aliphatic carbocycles. The molecule has 0 aromatic carbocycles. The highest BCUT2D eigenvalue weighted by Crippen LogP contribution is 2.21. The quantitative estimate of drug-likeness (QED) is 0.800. The number of hydrogen-bond acceptors (Lipinski definition) is 3. The van der Waals surface area contributed by atoms with Crippen molar-refractivity contribution in [3.8, 4) is 11.5 Å². The molecule has 2 aromatic rings. The van der Waals surface area contributed by atoms with Crippen LogP contribution in [-0.4, -0.2) is 19.5 Å². The third kappa shape index (κ3) is 3.32. The van der Waals surface area contributed by atoms with E-state index in [-0.39, 0.29) is 0 Å². The molecule has 2 rings (SSSR count). The Kier molecular flexibility index (Phi) is 4.20. The molecule has 0 unspecified atom stereocenters. The summed E-state index contributed by atoms with van der Waals surface area (Å²) in [5, 5.41) is 0.483. The van der Waals surface area contributed by atoms with Crippen molar-refractivity contribution in [2.24, 2.45) is 5.92 Å². The number of nitrogens with zero attached hydrogens (tertiary/aromatic N) is 4. The van der Waals surface area contributed by atoms with E-state index in [2.05, 4.69) is 42.6 Å². The number of hydrogen-bond donors (Lipinski definition) is 0. The molecule has 0 bridgehead atoms. The number of halogens is 1. The first-order valence-electron chi connectivity index (χ1n) is 6.53. The zero-order valence-corrected chi connectivity index (χ0v) is 12.5. The standard InChI is InChI=1S/C14H19ClN4/c1-9(2)5-11-6-13(15)18-14(17-11)12-7-16-8-19(12)10(3)4/h6-10H,5H2,1-4H3. The summed E-state index contributed by atoms with van der Waals surface area (Å²) in [5.74, 6) is 1.18. The summed E-state index contributed by atoms with van der Waals surface area (Å²) >= 11 is 6.10. The van der Waals surface area contributed by atoms with Gasteiger partial charge in [-0.05, 0) is 32.3 Å². The summed E-state index contributed by atoms with van der Waals surface area (Å²) < 4.78 is 2.05. The smallest absolute Gasteiger partial charge is 0.179 e. The fourth-order valence-electron chi connectivity index (χ4n) is 1.99. The summed E-state index contributed by atoms with van der Waals surface area (Å²) in [5.41, 5.74) is 1.88. The molecule has 2 heterocycles. The van der Waals surface area contributed by atoms with Crippen molar-refractivity contribution in [2.45, 2.75) is 40.2 Å². The Morgan fingerprint density at radius 3 is 2.58 bits per heavy atom. The third-order valence-corrected chi connectivity index (χ3v) is 3.01. The van der Waals surface area contributed by atoms with Crippen molar-refractivity contribution < 1.29 is 0 Å². The molecule has 19 heavy (non-hydrogen) atoms.